The highest BCUT2D eigenvalue weighted by atomic mass is 16.4. The average molecular weight is 191 g/mol. The van der Waals surface area contributed by atoms with Gasteiger partial charge in [-0.1, -0.05) is 6.92 Å². The van der Waals surface area contributed by atoms with Crippen molar-refractivity contribution in [1.29, 1.82) is 0 Å². The van der Waals surface area contributed by atoms with Crippen LogP contribution in [0, 0.1) is 0 Å². The number of aryl methyl sites for hydroxylation is 1. The van der Waals surface area contributed by atoms with E-state index in [9.17, 15) is 4.79 Å². The monoisotopic (exact) mass is 191 g/mol. The SMILES string of the molecule is CCc1nc2nccc(C(=O)O)c2[nH]1. The van der Waals surface area contributed by atoms with Crippen molar-refractivity contribution in [2.24, 2.45) is 0 Å². The molecular formula is C9H9N3O2. The Labute approximate surface area is 79.8 Å². The fraction of sp³-hybridized carbons (Fsp3) is 0.222. The summed E-state index contributed by atoms with van der Waals surface area (Å²) in [6, 6.07) is 1.46. The van der Waals surface area contributed by atoms with Gasteiger partial charge in [-0.3, -0.25) is 0 Å². The number of hydrogen-bond donors (Lipinski definition) is 2. The number of fused-ring (bicyclic) bond motifs is 1. The molecule has 0 saturated heterocycles. The van der Waals surface area contributed by atoms with E-state index < -0.39 is 5.97 Å². The van der Waals surface area contributed by atoms with Crippen LogP contribution in [0.3, 0.4) is 0 Å². The van der Waals surface area contributed by atoms with Gasteiger partial charge in [-0.05, 0) is 6.07 Å². The Bertz CT molecular complexity index is 490. The van der Waals surface area contributed by atoms with Crippen molar-refractivity contribution in [3.05, 3.63) is 23.7 Å². The maximum Gasteiger partial charge on any atom is 0.338 e. The molecule has 2 aromatic rings. The number of nitrogens with zero attached hydrogens (tertiary/aromatic N) is 2. The van der Waals surface area contributed by atoms with Crippen molar-refractivity contribution in [1.82, 2.24) is 15.0 Å². The predicted molar refractivity (Wildman–Crippen MR) is 50.2 cm³/mol. The van der Waals surface area contributed by atoms with Crippen molar-refractivity contribution in [3.63, 3.8) is 0 Å². The lowest BCUT2D eigenvalue weighted by atomic mass is 10.2. The number of aromatic nitrogens is 3. The number of H-pyrrole nitrogens is 1. The molecule has 5 heteroatoms. The summed E-state index contributed by atoms with van der Waals surface area (Å²) in [6.45, 7) is 1.94. The number of hydrogen-bond acceptors (Lipinski definition) is 3. The molecule has 2 rings (SSSR count). The summed E-state index contributed by atoms with van der Waals surface area (Å²) < 4.78 is 0. The summed E-state index contributed by atoms with van der Waals surface area (Å²) in [6.07, 6.45) is 2.18. The Balaban J connectivity index is 2.73. The summed E-state index contributed by atoms with van der Waals surface area (Å²) in [5, 5.41) is 8.89. The van der Waals surface area contributed by atoms with Gasteiger partial charge in [-0.15, -0.1) is 0 Å². The smallest absolute Gasteiger partial charge is 0.338 e. The third-order valence-electron chi connectivity index (χ3n) is 2.01. The fourth-order valence-corrected chi connectivity index (χ4v) is 1.30. The molecule has 0 bridgehead atoms. The van der Waals surface area contributed by atoms with Gasteiger partial charge in [0.25, 0.3) is 0 Å². The van der Waals surface area contributed by atoms with E-state index in [4.69, 9.17) is 5.11 Å². The summed E-state index contributed by atoms with van der Waals surface area (Å²) >= 11 is 0. The van der Waals surface area contributed by atoms with Gasteiger partial charge >= 0.3 is 5.97 Å². The molecule has 0 spiro atoms. The molecule has 14 heavy (non-hydrogen) atoms. The fourth-order valence-electron chi connectivity index (χ4n) is 1.30. The second kappa shape index (κ2) is 3.10. The molecule has 2 heterocycles. The standard InChI is InChI=1S/C9H9N3O2/c1-2-6-11-7-5(9(13)14)3-4-10-8(7)12-6/h3-4H,2H2,1H3,(H,13,14)(H,10,11,12). The number of carboxylic acid groups (broad SMARTS) is 1. The molecular weight excluding hydrogens is 182 g/mol. The molecule has 0 radical (unpaired) electrons. The summed E-state index contributed by atoms with van der Waals surface area (Å²) in [5.41, 5.74) is 1.17. The second-order valence-corrected chi connectivity index (χ2v) is 2.90. The molecule has 0 fully saturated rings. The molecule has 0 unspecified atom stereocenters. The van der Waals surface area contributed by atoms with Gasteiger partial charge in [0.2, 0.25) is 0 Å². The first-order valence-corrected chi connectivity index (χ1v) is 4.29. The first-order valence-electron chi connectivity index (χ1n) is 4.29. The highest BCUT2D eigenvalue weighted by Crippen LogP contribution is 2.14. The van der Waals surface area contributed by atoms with Crippen LogP contribution < -0.4 is 0 Å². The zero-order chi connectivity index (χ0) is 10.1. The van der Waals surface area contributed by atoms with E-state index in [2.05, 4.69) is 15.0 Å². The Kier molecular flexibility index (Phi) is 1.92. The van der Waals surface area contributed by atoms with Crippen molar-refractivity contribution >= 4 is 17.1 Å². The lowest BCUT2D eigenvalue weighted by molar-refractivity contribution is 0.0699. The lowest BCUT2D eigenvalue weighted by Gasteiger charge is -1.93. The van der Waals surface area contributed by atoms with Gasteiger partial charge in [0.05, 0.1) is 11.1 Å². The van der Waals surface area contributed by atoms with E-state index in [1.807, 2.05) is 6.92 Å². The highest BCUT2D eigenvalue weighted by molar-refractivity contribution is 5.99. The van der Waals surface area contributed by atoms with Gasteiger partial charge in [0.15, 0.2) is 5.65 Å². The van der Waals surface area contributed by atoms with Crippen LogP contribution in [0.4, 0.5) is 0 Å². The quantitative estimate of drug-likeness (QED) is 0.747. The van der Waals surface area contributed by atoms with E-state index in [-0.39, 0.29) is 5.56 Å². The van der Waals surface area contributed by atoms with Crippen LogP contribution in [0.15, 0.2) is 12.3 Å². The van der Waals surface area contributed by atoms with Gasteiger partial charge in [-0.25, -0.2) is 14.8 Å². The molecule has 72 valence electrons. The van der Waals surface area contributed by atoms with E-state index in [1.165, 1.54) is 12.3 Å². The molecule has 2 N–H and O–H groups in total. The predicted octanol–water partition coefficient (Wildman–Crippen LogP) is 1.22. The van der Waals surface area contributed by atoms with Crippen LogP contribution in [0.1, 0.15) is 23.1 Å². The molecule has 2 aromatic heterocycles. The van der Waals surface area contributed by atoms with Crippen LogP contribution in [-0.4, -0.2) is 26.0 Å². The minimum atomic E-state index is -0.969. The summed E-state index contributed by atoms with van der Waals surface area (Å²) in [5.74, 6) is -0.218. The number of nitrogens with one attached hydrogen (secondary N) is 1. The summed E-state index contributed by atoms with van der Waals surface area (Å²) in [7, 11) is 0. The number of rotatable bonds is 2. The Hall–Kier alpha value is -1.91. The van der Waals surface area contributed by atoms with Crippen molar-refractivity contribution in [2.75, 3.05) is 0 Å². The minimum absolute atomic E-state index is 0.210. The van der Waals surface area contributed by atoms with Gasteiger partial charge < -0.3 is 10.1 Å². The Morgan fingerprint density at radius 1 is 1.64 bits per heavy atom. The largest absolute Gasteiger partial charge is 0.478 e. The van der Waals surface area contributed by atoms with Gasteiger partial charge in [-0.2, -0.15) is 0 Å². The minimum Gasteiger partial charge on any atom is -0.478 e. The van der Waals surface area contributed by atoms with E-state index >= 15 is 0 Å². The number of pyridine rings is 1. The van der Waals surface area contributed by atoms with Crippen molar-refractivity contribution in [3.8, 4) is 0 Å². The van der Waals surface area contributed by atoms with Crippen LogP contribution in [0.5, 0.6) is 0 Å². The normalized spacial score (nSPS) is 10.6. The third-order valence-corrected chi connectivity index (χ3v) is 2.01. The van der Waals surface area contributed by atoms with Crippen molar-refractivity contribution < 1.29 is 9.90 Å². The molecule has 0 amide bonds. The number of carbonyl (C=O) groups is 1. The lowest BCUT2D eigenvalue weighted by Crippen LogP contribution is -1.97. The molecule has 0 aliphatic carbocycles. The zero-order valence-corrected chi connectivity index (χ0v) is 7.61. The first kappa shape index (κ1) is 8.68. The second-order valence-electron chi connectivity index (χ2n) is 2.90. The molecule has 0 aliphatic heterocycles. The van der Waals surface area contributed by atoms with Crippen LogP contribution in [-0.2, 0) is 6.42 Å². The van der Waals surface area contributed by atoms with Gasteiger partial charge in [0, 0.05) is 12.6 Å². The number of aromatic carboxylic acids is 1. The molecule has 5 nitrogen and oxygen atoms in total. The Morgan fingerprint density at radius 2 is 2.43 bits per heavy atom. The zero-order valence-electron chi connectivity index (χ0n) is 7.61. The molecule has 0 atom stereocenters. The van der Waals surface area contributed by atoms with E-state index in [0.29, 0.717) is 11.2 Å². The maximum absolute atomic E-state index is 10.8. The van der Waals surface area contributed by atoms with E-state index in [1.54, 1.807) is 0 Å². The topological polar surface area (TPSA) is 78.9 Å². The number of aromatic amines is 1. The number of carboxylic acids is 1. The third kappa shape index (κ3) is 1.22. The average Bonchev–Trinajstić information content (AvgIpc) is 2.59. The van der Waals surface area contributed by atoms with Crippen LogP contribution >= 0.6 is 0 Å². The first-order chi connectivity index (χ1) is 6.72. The molecule has 0 saturated carbocycles. The van der Waals surface area contributed by atoms with Crippen LogP contribution in [0.2, 0.25) is 0 Å². The van der Waals surface area contributed by atoms with Crippen LogP contribution in [0.25, 0.3) is 11.2 Å². The van der Waals surface area contributed by atoms with Gasteiger partial charge in [0.1, 0.15) is 5.82 Å². The highest BCUT2D eigenvalue weighted by Gasteiger charge is 2.11. The van der Waals surface area contributed by atoms with E-state index in [0.717, 1.165) is 12.2 Å². The number of imidazole rings is 1. The molecule has 0 aliphatic rings. The molecule has 0 aromatic carbocycles. The Morgan fingerprint density at radius 3 is 3.07 bits per heavy atom. The maximum atomic E-state index is 10.8. The van der Waals surface area contributed by atoms with Crippen molar-refractivity contribution in [2.45, 2.75) is 13.3 Å². The summed E-state index contributed by atoms with van der Waals surface area (Å²) in [4.78, 5) is 21.9.